The molecule has 0 saturated carbocycles. The summed E-state index contributed by atoms with van der Waals surface area (Å²) in [6.45, 7) is 0.0245. The average Bonchev–Trinajstić information content (AvgIpc) is 2.15. The smallest absolute Gasteiger partial charge is 0.335 e. The Bertz CT molecular complexity index is 338. The Kier molecular flexibility index (Phi) is 3.30. The van der Waals surface area contributed by atoms with Gasteiger partial charge in [-0.15, -0.1) is 0 Å². The van der Waals surface area contributed by atoms with Crippen molar-refractivity contribution in [1.29, 1.82) is 0 Å². The lowest BCUT2D eigenvalue weighted by Crippen LogP contribution is -2.05. The first-order chi connectivity index (χ1) is 6.65. The van der Waals surface area contributed by atoms with E-state index in [0.29, 0.717) is 5.75 Å². The zero-order valence-electron chi connectivity index (χ0n) is 7.43. The Morgan fingerprint density at radius 1 is 1.50 bits per heavy atom. The van der Waals surface area contributed by atoms with Crippen molar-refractivity contribution >= 4 is 11.7 Å². The second-order valence-corrected chi connectivity index (χ2v) is 2.63. The zero-order chi connectivity index (χ0) is 10.6. The number of nitrogen functional groups attached to an aromatic ring is 1. The van der Waals surface area contributed by atoms with Crippen molar-refractivity contribution in [2.75, 3.05) is 18.9 Å². The van der Waals surface area contributed by atoms with Gasteiger partial charge in [0.05, 0.1) is 17.9 Å². The molecule has 0 heterocycles. The zero-order valence-corrected chi connectivity index (χ0v) is 7.43. The number of hydrogen-bond donors (Lipinski definition) is 3. The predicted molar refractivity (Wildman–Crippen MR) is 50.4 cm³/mol. The highest BCUT2D eigenvalue weighted by molar-refractivity contribution is 5.89. The first-order valence-corrected chi connectivity index (χ1v) is 4.01. The van der Waals surface area contributed by atoms with Crippen LogP contribution in [0.4, 0.5) is 5.69 Å². The highest BCUT2D eigenvalue weighted by Gasteiger charge is 2.06. The van der Waals surface area contributed by atoms with Gasteiger partial charge in [0.15, 0.2) is 0 Å². The molecule has 0 aliphatic heterocycles. The number of aliphatic hydroxyl groups is 1. The number of carboxylic acid groups (broad SMARTS) is 1. The number of carbonyl (C=O) groups is 1. The number of aliphatic hydroxyl groups excluding tert-OH is 1. The topological polar surface area (TPSA) is 92.8 Å². The molecule has 0 atom stereocenters. The van der Waals surface area contributed by atoms with E-state index < -0.39 is 5.97 Å². The summed E-state index contributed by atoms with van der Waals surface area (Å²) in [6, 6.07) is 4.18. The minimum Gasteiger partial charge on any atom is -0.489 e. The SMILES string of the molecule is Nc1cc(C(=O)O)ccc1OCCO. The second kappa shape index (κ2) is 4.48. The van der Waals surface area contributed by atoms with E-state index >= 15 is 0 Å². The molecule has 0 aliphatic carbocycles. The molecule has 0 unspecified atom stereocenters. The van der Waals surface area contributed by atoms with Crippen LogP contribution in [0.1, 0.15) is 10.4 Å². The third kappa shape index (κ3) is 2.37. The second-order valence-electron chi connectivity index (χ2n) is 2.63. The van der Waals surface area contributed by atoms with E-state index in [-0.39, 0.29) is 24.5 Å². The fourth-order valence-electron chi connectivity index (χ4n) is 0.969. The maximum absolute atomic E-state index is 10.5. The first-order valence-electron chi connectivity index (χ1n) is 4.01. The predicted octanol–water partition coefficient (Wildman–Crippen LogP) is 0.338. The van der Waals surface area contributed by atoms with Crippen molar-refractivity contribution in [3.8, 4) is 5.75 Å². The van der Waals surface area contributed by atoms with E-state index in [4.69, 9.17) is 20.7 Å². The van der Waals surface area contributed by atoms with Gasteiger partial charge in [0, 0.05) is 0 Å². The number of nitrogens with two attached hydrogens (primary N) is 1. The van der Waals surface area contributed by atoms with Crippen LogP contribution >= 0.6 is 0 Å². The number of carboxylic acids is 1. The van der Waals surface area contributed by atoms with Crippen LogP contribution in [0.3, 0.4) is 0 Å². The summed E-state index contributed by atoms with van der Waals surface area (Å²) < 4.78 is 5.05. The maximum Gasteiger partial charge on any atom is 0.335 e. The molecule has 0 radical (unpaired) electrons. The number of hydrogen-bond acceptors (Lipinski definition) is 4. The normalized spacial score (nSPS) is 9.79. The van der Waals surface area contributed by atoms with Crippen LogP contribution in [-0.4, -0.2) is 29.4 Å². The maximum atomic E-state index is 10.5. The molecule has 0 aliphatic rings. The lowest BCUT2D eigenvalue weighted by atomic mass is 10.2. The van der Waals surface area contributed by atoms with Crippen molar-refractivity contribution in [1.82, 2.24) is 0 Å². The van der Waals surface area contributed by atoms with Crippen molar-refractivity contribution in [2.24, 2.45) is 0 Å². The van der Waals surface area contributed by atoms with Crippen LogP contribution in [0.5, 0.6) is 5.75 Å². The van der Waals surface area contributed by atoms with Crippen molar-refractivity contribution < 1.29 is 19.7 Å². The molecule has 0 aromatic heterocycles. The van der Waals surface area contributed by atoms with Crippen molar-refractivity contribution in [2.45, 2.75) is 0 Å². The van der Waals surface area contributed by atoms with Gasteiger partial charge in [0.2, 0.25) is 0 Å². The summed E-state index contributed by atoms with van der Waals surface area (Å²) in [4.78, 5) is 10.5. The quantitative estimate of drug-likeness (QED) is 0.605. The molecular weight excluding hydrogens is 186 g/mol. The minimum absolute atomic E-state index is 0.110. The fraction of sp³-hybridized carbons (Fsp3) is 0.222. The number of aromatic carboxylic acids is 1. The molecule has 5 nitrogen and oxygen atoms in total. The van der Waals surface area contributed by atoms with E-state index in [1.165, 1.54) is 18.2 Å². The minimum atomic E-state index is -1.04. The molecule has 0 saturated heterocycles. The molecule has 0 amide bonds. The largest absolute Gasteiger partial charge is 0.489 e. The molecule has 1 aromatic rings. The Morgan fingerprint density at radius 3 is 2.71 bits per heavy atom. The van der Waals surface area contributed by atoms with Gasteiger partial charge in [-0.25, -0.2) is 4.79 Å². The van der Waals surface area contributed by atoms with E-state index in [0.717, 1.165) is 0 Å². The third-order valence-electron chi connectivity index (χ3n) is 1.61. The van der Waals surface area contributed by atoms with Gasteiger partial charge >= 0.3 is 5.97 Å². The molecule has 0 bridgehead atoms. The lowest BCUT2D eigenvalue weighted by Gasteiger charge is -2.07. The molecule has 76 valence electrons. The third-order valence-corrected chi connectivity index (χ3v) is 1.61. The Morgan fingerprint density at radius 2 is 2.21 bits per heavy atom. The molecular formula is C9H11NO4. The Labute approximate surface area is 80.7 Å². The number of ether oxygens (including phenoxy) is 1. The summed E-state index contributed by atoms with van der Waals surface area (Å²) in [5, 5.41) is 17.1. The van der Waals surface area contributed by atoms with Crippen LogP contribution in [0.2, 0.25) is 0 Å². The highest BCUT2D eigenvalue weighted by atomic mass is 16.5. The van der Waals surface area contributed by atoms with Crippen LogP contribution in [0.15, 0.2) is 18.2 Å². The van der Waals surface area contributed by atoms with E-state index in [9.17, 15) is 4.79 Å². The fourth-order valence-corrected chi connectivity index (χ4v) is 0.969. The van der Waals surface area contributed by atoms with E-state index in [1.54, 1.807) is 0 Å². The standard InChI is InChI=1S/C9H11NO4/c10-7-5-6(9(12)13)1-2-8(7)14-4-3-11/h1-2,5,11H,3-4,10H2,(H,12,13). The van der Waals surface area contributed by atoms with Crippen molar-refractivity contribution in [3.63, 3.8) is 0 Å². The summed E-state index contributed by atoms with van der Waals surface area (Å²) in [5.74, 6) is -0.658. The number of anilines is 1. The van der Waals surface area contributed by atoms with Gasteiger partial charge in [-0.05, 0) is 18.2 Å². The van der Waals surface area contributed by atoms with Crippen LogP contribution in [-0.2, 0) is 0 Å². The van der Waals surface area contributed by atoms with E-state index in [2.05, 4.69) is 0 Å². The molecule has 0 fully saturated rings. The monoisotopic (exact) mass is 197 g/mol. The molecule has 5 heteroatoms. The van der Waals surface area contributed by atoms with Gasteiger partial charge in [-0.3, -0.25) is 0 Å². The van der Waals surface area contributed by atoms with E-state index in [1.807, 2.05) is 0 Å². The number of benzene rings is 1. The first kappa shape index (κ1) is 10.3. The Hall–Kier alpha value is -1.75. The van der Waals surface area contributed by atoms with Crippen molar-refractivity contribution in [3.05, 3.63) is 23.8 Å². The average molecular weight is 197 g/mol. The molecule has 4 N–H and O–H groups in total. The number of rotatable bonds is 4. The summed E-state index contributed by atoms with van der Waals surface area (Å²) in [7, 11) is 0. The van der Waals surface area contributed by atoms with Gasteiger partial charge < -0.3 is 20.7 Å². The van der Waals surface area contributed by atoms with Gasteiger partial charge in [-0.2, -0.15) is 0 Å². The summed E-state index contributed by atoms with van der Waals surface area (Å²) >= 11 is 0. The van der Waals surface area contributed by atoms with Gasteiger partial charge in [-0.1, -0.05) is 0 Å². The lowest BCUT2D eigenvalue weighted by molar-refractivity contribution is 0.0697. The van der Waals surface area contributed by atoms with Gasteiger partial charge in [0.1, 0.15) is 12.4 Å². The molecule has 1 rings (SSSR count). The van der Waals surface area contributed by atoms with Crippen LogP contribution in [0.25, 0.3) is 0 Å². The molecule has 0 spiro atoms. The van der Waals surface area contributed by atoms with Crippen LogP contribution < -0.4 is 10.5 Å². The Balaban J connectivity index is 2.84. The molecule has 14 heavy (non-hydrogen) atoms. The van der Waals surface area contributed by atoms with Gasteiger partial charge in [0.25, 0.3) is 0 Å². The van der Waals surface area contributed by atoms with Crippen LogP contribution in [0, 0.1) is 0 Å². The summed E-state index contributed by atoms with van der Waals surface area (Å²) in [6.07, 6.45) is 0. The molecule has 1 aromatic carbocycles. The highest BCUT2D eigenvalue weighted by Crippen LogP contribution is 2.22. The summed E-state index contributed by atoms with van der Waals surface area (Å²) in [5.41, 5.74) is 5.89.